The fourth-order valence-corrected chi connectivity index (χ4v) is 5.78. The lowest BCUT2D eigenvalue weighted by Crippen LogP contribution is -3.00. The van der Waals surface area contributed by atoms with Crippen LogP contribution in [0.25, 0.3) is 0 Å². The van der Waals surface area contributed by atoms with Crippen molar-refractivity contribution < 1.29 is 33.3 Å². The van der Waals surface area contributed by atoms with E-state index in [0.717, 1.165) is 0 Å². The molecule has 2 aromatic rings. The molecule has 0 fully saturated rings. The first-order valence-corrected chi connectivity index (χ1v) is 12.1. The molecule has 0 aliphatic carbocycles. The molecule has 0 bridgehead atoms. The fraction of sp³-hybridized carbons (Fsp3) is 0.323. The summed E-state index contributed by atoms with van der Waals surface area (Å²) in [7, 11) is 4.32. The second-order valence-electron chi connectivity index (χ2n) is 10.6. The maximum absolute atomic E-state index is 5.95. The summed E-state index contributed by atoms with van der Waals surface area (Å²) >= 11 is 0. The zero-order valence-corrected chi connectivity index (χ0v) is 23.8. The first kappa shape index (κ1) is 25.6. The van der Waals surface area contributed by atoms with Gasteiger partial charge in [-0.25, -0.2) is 0 Å². The van der Waals surface area contributed by atoms with Crippen molar-refractivity contribution in [3.8, 4) is 0 Å². The lowest BCUT2D eigenvalue weighted by atomic mass is 9.81. The summed E-state index contributed by atoms with van der Waals surface area (Å²) in [6, 6.07) is 17.4. The molecule has 0 radical (unpaired) electrons. The number of ether oxygens (including phenoxy) is 1. The third-order valence-electron chi connectivity index (χ3n) is 7.70. The number of allylic oxidation sites excluding steroid dienone is 4. The number of benzene rings is 2. The number of nitrogens with zero attached hydrogens (tertiary/aromatic N) is 2. The van der Waals surface area contributed by atoms with Crippen LogP contribution in [0.2, 0.25) is 0 Å². The van der Waals surface area contributed by atoms with Gasteiger partial charge in [0.1, 0.15) is 7.05 Å². The van der Waals surface area contributed by atoms with Crippen LogP contribution in [0.4, 0.5) is 11.4 Å². The summed E-state index contributed by atoms with van der Waals surface area (Å²) in [5.74, 6) is 0. The average molecular weight is 579 g/mol. The van der Waals surface area contributed by atoms with Gasteiger partial charge in [0, 0.05) is 41.6 Å². The SMILES string of the molecule is CN1/C(=C/C=C2C=C(/C=C/C3=[N+](C)c4ccccc4C3(C)C)COC/2)C(C)(C)c2ccccc21.[I-]. The Morgan fingerprint density at radius 2 is 1.54 bits per heavy atom. The summed E-state index contributed by atoms with van der Waals surface area (Å²) in [5, 5.41) is 0. The van der Waals surface area contributed by atoms with E-state index < -0.39 is 0 Å². The van der Waals surface area contributed by atoms with E-state index in [2.05, 4.69) is 130 Å². The highest BCUT2D eigenvalue weighted by Gasteiger charge is 2.42. The molecular formula is C31H35IN2O. The van der Waals surface area contributed by atoms with Crippen molar-refractivity contribution in [3.63, 3.8) is 0 Å². The van der Waals surface area contributed by atoms with Crippen LogP contribution < -0.4 is 28.9 Å². The molecule has 35 heavy (non-hydrogen) atoms. The smallest absolute Gasteiger partial charge is 0.209 e. The van der Waals surface area contributed by atoms with Crippen molar-refractivity contribution in [1.82, 2.24) is 0 Å². The van der Waals surface area contributed by atoms with Crippen molar-refractivity contribution in [3.05, 3.63) is 107 Å². The van der Waals surface area contributed by atoms with Crippen LogP contribution >= 0.6 is 0 Å². The Morgan fingerprint density at radius 3 is 2.26 bits per heavy atom. The van der Waals surface area contributed by atoms with Crippen molar-refractivity contribution >= 4 is 17.1 Å². The highest BCUT2D eigenvalue weighted by molar-refractivity contribution is 6.03. The second kappa shape index (κ2) is 9.55. The Kier molecular flexibility index (Phi) is 7.00. The van der Waals surface area contributed by atoms with E-state index in [-0.39, 0.29) is 34.8 Å². The number of fused-ring (bicyclic) bond motifs is 2. The largest absolute Gasteiger partial charge is 1.00 e. The Hall–Kier alpha value is -2.44. The van der Waals surface area contributed by atoms with Gasteiger partial charge in [0.05, 0.1) is 18.6 Å². The maximum atomic E-state index is 5.95. The van der Waals surface area contributed by atoms with Crippen LogP contribution in [-0.4, -0.2) is 37.6 Å². The molecule has 2 aromatic carbocycles. The molecule has 3 aliphatic rings. The molecule has 0 saturated heterocycles. The van der Waals surface area contributed by atoms with Gasteiger partial charge in [-0.05, 0) is 42.7 Å². The van der Waals surface area contributed by atoms with Crippen LogP contribution in [0, 0.1) is 0 Å². The predicted molar refractivity (Wildman–Crippen MR) is 142 cm³/mol. The number of halogens is 1. The molecule has 0 N–H and O–H groups in total. The molecular weight excluding hydrogens is 543 g/mol. The molecule has 3 nitrogen and oxygen atoms in total. The molecule has 0 saturated carbocycles. The summed E-state index contributed by atoms with van der Waals surface area (Å²) in [6.07, 6.45) is 11.3. The van der Waals surface area contributed by atoms with Gasteiger partial charge in [-0.2, -0.15) is 4.58 Å². The Morgan fingerprint density at radius 1 is 0.857 bits per heavy atom. The third-order valence-corrected chi connectivity index (χ3v) is 7.70. The zero-order valence-electron chi connectivity index (χ0n) is 21.6. The lowest BCUT2D eigenvalue weighted by Gasteiger charge is -2.24. The summed E-state index contributed by atoms with van der Waals surface area (Å²) in [4.78, 5) is 2.31. The van der Waals surface area contributed by atoms with E-state index in [1.807, 2.05) is 0 Å². The van der Waals surface area contributed by atoms with Crippen molar-refractivity contribution in [2.24, 2.45) is 0 Å². The molecule has 0 unspecified atom stereocenters. The van der Waals surface area contributed by atoms with Gasteiger partial charge >= 0.3 is 0 Å². The number of hydrogen-bond acceptors (Lipinski definition) is 2. The molecule has 4 heteroatoms. The quantitative estimate of drug-likeness (QED) is 0.410. The molecule has 3 heterocycles. The highest BCUT2D eigenvalue weighted by Crippen LogP contribution is 2.46. The summed E-state index contributed by atoms with van der Waals surface area (Å²) < 4.78 is 8.27. The monoisotopic (exact) mass is 578 g/mol. The first-order valence-electron chi connectivity index (χ1n) is 12.1. The van der Waals surface area contributed by atoms with Gasteiger partial charge in [-0.1, -0.05) is 68.5 Å². The van der Waals surface area contributed by atoms with Crippen LogP contribution in [-0.2, 0) is 15.6 Å². The third kappa shape index (κ3) is 4.36. The molecule has 182 valence electrons. The van der Waals surface area contributed by atoms with Crippen LogP contribution in [0.3, 0.4) is 0 Å². The van der Waals surface area contributed by atoms with E-state index in [4.69, 9.17) is 4.74 Å². The molecule has 5 rings (SSSR count). The second-order valence-corrected chi connectivity index (χ2v) is 10.6. The normalized spacial score (nSPS) is 22.5. The van der Waals surface area contributed by atoms with Gasteiger partial charge in [-0.15, -0.1) is 0 Å². The Labute approximate surface area is 227 Å². The molecule has 0 aromatic heterocycles. The van der Waals surface area contributed by atoms with Gasteiger partial charge in [0.25, 0.3) is 0 Å². The van der Waals surface area contributed by atoms with Gasteiger partial charge in [0.15, 0.2) is 5.71 Å². The number of anilines is 1. The van der Waals surface area contributed by atoms with Crippen LogP contribution in [0.1, 0.15) is 38.8 Å². The molecule has 0 spiro atoms. The zero-order chi connectivity index (χ0) is 24.1. The summed E-state index contributed by atoms with van der Waals surface area (Å²) in [6.45, 7) is 10.5. The van der Waals surface area contributed by atoms with Crippen molar-refractivity contribution in [2.45, 2.75) is 38.5 Å². The number of para-hydroxylation sites is 2. The highest BCUT2D eigenvalue weighted by atomic mass is 127. The number of rotatable bonds is 3. The fourth-order valence-electron chi connectivity index (χ4n) is 5.78. The van der Waals surface area contributed by atoms with E-state index in [1.165, 1.54) is 45.1 Å². The minimum Gasteiger partial charge on any atom is -1.00 e. The number of hydrogen-bond donors (Lipinski definition) is 0. The summed E-state index contributed by atoms with van der Waals surface area (Å²) in [5.41, 5.74) is 10.3. The molecule has 0 atom stereocenters. The standard InChI is InChI=1S/C31H35N2O.HI/c1-30(2)24-11-7-9-13-26(24)32(5)28(30)17-15-22-19-23(21-34-20-22)16-18-29-31(3,4)25-12-8-10-14-27(25)33(29)6;/h7-19H,20-21H2,1-6H3;1H/q+1;/p-1. The van der Waals surface area contributed by atoms with Gasteiger partial charge in [0.2, 0.25) is 5.69 Å². The van der Waals surface area contributed by atoms with Crippen LogP contribution in [0.5, 0.6) is 0 Å². The number of likely N-dealkylation sites (N-methyl/N-ethyl adjacent to an activating group) is 1. The van der Waals surface area contributed by atoms with Crippen LogP contribution in [0.15, 0.2) is 95.8 Å². The van der Waals surface area contributed by atoms with E-state index in [0.29, 0.717) is 13.2 Å². The minimum absolute atomic E-state index is 0. The first-order chi connectivity index (χ1) is 16.2. The molecule has 3 aliphatic heterocycles. The van der Waals surface area contributed by atoms with E-state index in [1.54, 1.807) is 0 Å². The Balaban J connectivity index is 0.00000289. The predicted octanol–water partition coefficient (Wildman–Crippen LogP) is 3.45. The van der Waals surface area contributed by atoms with Gasteiger partial charge < -0.3 is 33.6 Å². The van der Waals surface area contributed by atoms with Gasteiger partial charge in [-0.3, -0.25) is 0 Å². The Bertz CT molecular complexity index is 1310. The van der Waals surface area contributed by atoms with Crippen molar-refractivity contribution in [2.75, 3.05) is 32.2 Å². The van der Waals surface area contributed by atoms with E-state index in [9.17, 15) is 0 Å². The lowest BCUT2D eigenvalue weighted by molar-refractivity contribution is -0.401. The topological polar surface area (TPSA) is 15.5 Å². The minimum atomic E-state index is -0.0192. The van der Waals surface area contributed by atoms with E-state index >= 15 is 0 Å². The maximum Gasteiger partial charge on any atom is 0.209 e. The van der Waals surface area contributed by atoms with Crippen molar-refractivity contribution in [1.29, 1.82) is 0 Å². The molecule has 0 amide bonds. The average Bonchev–Trinajstić information content (AvgIpc) is 3.15.